The molecule has 0 saturated carbocycles. The molecule has 2 aromatic rings. The Morgan fingerprint density at radius 1 is 0.947 bits per heavy atom. The van der Waals surface area contributed by atoms with Crippen molar-refractivity contribution in [1.29, 1.82) is 0 Å². The van der Waals surface area contributed by atoms with Crippen LogP contribution in [0, 0.1) is 11.6 Å². The fraction of sp³-hybridized carbons (Fsp3) is 0.143. The van der Waals surface area contributed by atoms with E-state index in [1.807, 2.05) is 0 Å². The standard InChI is InChI=1S/C14H11BrClF2N/c15-11-5-9(1-3-13(11)17)7-19-8-10-2-4-14(18)12(16)6-10/h1-6,19H,7-8H2. The monoisotopic (exact) mass is 345 g/mol. The first-order valence-electron chi connectivity index (χ1n) is 5.65. The van der Waals surface area contributed by atoms with Crippen molar-refractivity contribution >= 4 is 27.5 Å². The number of halogens is 4. The first kappa shape index (κ1) is 14.4. The van der Waals surface area contributed by atoms with Crippen LogP contribution in [0.5, 0.6) is 0 Å². The van der Waals surface area contributed by atoms with Crippen molar-refractivity contribution in [2.75, 3.05) is 0 Å². The molecule has 0 aliphatic rings. The summed E-state index contributed by atoms with van der Waals surface area (Å²) in [5.74, 6) is -0.707. The highest BCUT2D eigenvalue weighted by molar-refractivity contribution is 9.10. The van der Waals surface area contributed by atoms with Gasteiger partial charge in [0, 0.05) is 13.1 Å². The molecule has 0 aliphatic carbocycles. The predicted molar refractivity (Wildman–Crippen MR) is 76.1 cm³/mol. The van der Waals surface area contributed by atoms with Crippen LogP contribution in [0.25, 0.3) is 0 Å². The number of hydrogen-bond acceptors (Lipinski definition) is 1. The number of nitrogens with one attached hydrogen (secondary N) is 1. The Bertz CT molecular complexity index is 538. The zero-order valence-electron chi connectivity index (χ0n) is 9.89. The van der Waals surface area contributed by atoms with Crippen LogP contribution in [0.3, 0.4) is 0 Å². The summed E-state index contributed by atoms with van der Waals surface area (Å²) in [6.45, 7) is 1.16. The fourth-order valence-corrected chi connectivity index (χ4v) is 2.28. The Morgan fingerprint density at radius 3 is 2.11 bits per heavy atom. The molecule has 0 aliphatic heterocycles. The molecule has 100 valence electrons. The van der Waals surface area contributed by atoms with Gasteiger partial charge in [-0.3, -0.25) is 0 Å². The van der Waals surface area contributed by atoms with E-state index in [0.29, 0.717) is 17.6 Å². The minimum atomic E-state index is -0.423. The van der Waals surface area contributed by atoms with Crippen LogP contribution < -0.4 is 5.32 Å². The van der Waals surface area contributed by atoms with E-state index in [-0.39, 0.29) is 10.8 Å². The highest BCUT2D eigenvalue weighted by atomic mass is 79.9. The third-order valence-corrected chi connectivity index (χ3v) is 3.52. The minimum Gasteiger partial charge on any atom is -0.309 e. The van der Waals surface area contributed by atoms with E-state index >= 15 is 0 Å². The van der Waals surface area contributed by atoms with E-state index in [9.17, 15) is 8.78 Å². The van der Waals surface area contributed by atoms with Crippen LogP contribution in [0.2, 0.25) is 5.02 Å². The summed E-state index contributed by atoms with van der Waals surface area (Å²) in [5.41, 5.74) is 1.86. The summed E-state index contributed by atoms with van der Waals surface area (Å²) in [6.07, 6.45) is 0. The van der Waals surface area contributed by atoms with Gasteiger partial charge in [0.1, 0.15) is 11.6 Å². The van der Waals surface area contributed by atoms with E-state index in [4.69, 9.17) is 11.6 Å². The first-order chi connectivity index (χ1) is 9.06. The van der Waals surface area contributed by atoms with Gasteiger partial charge in [-0.2, -0.15) is 0 Å². The molecule has 0 amide bonds. The molecular weight excluding hydrogens is 336 g/mol. The van der Waals surface area contributed by atoms with Gasteiger partial charge in [0.25, 0.3) is 0 Å². The van der Waals surface area contributed by atoms with Crippen molar-refractivity contribution in [2.24, 2.45) is 0 Å². The molecule has 0 fully saturated rings. The molecule has 5 heteroatoms. The highest BCUT2D eigenvalue weighted by Crippen LogP contribution is 2.18. The maximum absolute atomic E-state index is 13.1. The second kappa shape index (κ2) is 6.46. The van der Waals surface area contributed by atoms with Crippen LogP contribution in [-0.2, 0) is 13.1 Å². The van der Waals surface area contributed by atoms with Crippen LogP contribution >= 0.6 is 27.5 Å². The lowest BCUT2D eigenvalue weighted by Crippen LogP contribution is -2.12. The van der Waals surface area contributed by atoms with E-state index < -0.39 is 5.82 Å². The van der Waals surface area contributed by atoms with Gasteiger partial charge < -0.3 is 5.32 Å². The largest absolute Gasteiger partial charge is 0.309 e. The maximum atomic E-state index is 13.1. The van der Waals surface area contributed by atoms with Gasteiger partial charge >= 0.3 is 0 Å². The van der Waals surface area contributed by atoms with Crippen LogP contribution in [-0.4, -0.2) is 0 Å². The molecule has 0 radical (unpaired) electrons. The van der Waals surface area contributed by atoms with Crippen LogP contribution in [0.15, 0.2) is 40.9 Å². The Balaban J connectivity index is 1.92. The topological polar surface area (TPSA) is 12.0 Å². The van der Waals surface area contributed by atoms with E-state index in [1.54, 1.807) is 24.3 Å². The average Bonchev–Trinajstić information content (AvgIpc) is 2.38. The molecule has 1 nitrogen and oxygen atoms in total. The lowest BCUT2D eigenvalue weighted by molar-refractivity contribution is 0.617. The Kier molecular flexibility index (Phi) is 4.91. The zero-order valence-corrected chi connectivity index (χ0v) is 12.2. The summed E-state index contributed by atoms with van der Waals surface area (Å²) in [6, 6.07) is 9.45. The summed E-state index contributed by atoms with van der Waals surface area (Å²) in [5, 5.41) is 3.30. The normalized spacial score (nSPS) is 10.7. The van der Waals surface area contributed by atoms with Gasteiger partial charge in [0.05, 0.1) is 9.50 Å². The van der Waals surface area contributed by atoms with Gasteiger partial charge in [-0.1, -0.05) is 23.7 Å². The van der Waals surface area contributed by atoms with Crippen molar-refractivity contribution in [3.8, 4) is 0 Å². The highest BCUT2D eigenvalue weighted by Gasteiger charge is 2.02. The van der Waals surface area contributed by atoms with Gasteiger partial charge in [0.15, 0.2) is 0 Å². The Morgan fingerprint density at radius 2 is 1.53 bits per heavy atom. The number of rotatable bonds is 4. The third kappa shape index (κ3) is 4.00. The quantitative estimate of drug-likeness (QED) is 0.848. The molecule has 2 rings (SSSR count). The molecule has 2 aromatic carbocycles. The summed E-state index contributed by atoms with van der Waals surface area (Å²) < 4.78 is 26.5. The summed E-state index contributed by atoms with van der Waals surface area (Å²) in [7, 11) is 0. The van der Waals surface area contributed by atoms with E-state index in [0.717, 1.165) is 11.1 Å². The molecule has 1 N–H and O–H groups in total. The van der Waals surface area contributed by atoms with Gasteiger partial charge in [-0.15, -0.1) is 0 Å². The van der Waals surface area contributed by atoms with Crippen LogP contribution in [0.4, 0.5) is 8.78 Å². The van der Waals surface area contributed by atoms with Crippen molar-refractivity contribution < 1.29 is 8.78 Å². The van der Waals surface area contributed by atoms with Gasteiger partial charge in [-0.25, -0.2) is 8.78 Å². The summed E-state index contributed by atoms with van der Waals surface area (Å²) >= 11 is 8.84. The smallest absolute Gasteiger partial charge is 0.141 e. The molecule has 0 saturated heterocycles. The Hall–Kier alpha value is -0.970. The molecule has 19 heavy (non-hydrogen) atoms. The molecule has 0 unspecified atom stereocenters. The number of benzene rings is 2. The summed E-state index contributed by atoms with van der Waals surface area (Å²) in [4.78, 5) is 0. The van der Waals surface area contributed by atoms with E-state index in [2.05, 4.69) is 21.2 Å². The molecule has 0 atom stereocenters. The molecular formula is C14H11BrClF2N. The van der Waals surface area contributed by atoms with Gasteiger partial charge in [-0.05, 0) is 51.3 Å². The van der Waals surface area contributed by atoms with Crippen molar-refractivity contribution in [3.05, 3.63) is 68.7 Å². The lowest BCUT2D eigenvalue weighted by Gasteiger charge is -2.07. The molecule has 0 heterocycles. The van der Waals surface area contributed by atoms with E-state index in [1.165, 1.54) is 12.1 Å². The van der Waals surface area contributed by atoms with Crippen molar-refractivity contribution in [1.82, 2.24) is 5.32 Å². The maximum Gasteiger partial charge on any atom is 0.141 e. The predicted octanol–water partition coefficient (Wildman–Crippen LogP) is 4.67. The van der Waals surface area contributed by atoms with Crippen LogP contribution in [0.1, 0.15) is 11.1 Å². The second-order valence-corrected chi connectivity index (χ2v) is 5.36. The SMILES string of the molecule is Fc1ccc(CNCc2ccc(F)c(Br)c2)cc1Cl. The molecule has 0 spiro atoms. The zero-order chi connectivity index (χ0) is 13.8. The minimum absolute atomic E-state index is 0.115. The average molecular weight is 347 g/mol. The molecule has 0 aromatic heterocycles. The fourth-order valence-electron chi connectivity index (χ4n) is 1.65. The second-order valence-electron chi connectivity index (χ2n) is 4.10. The van der Waals surface area contributed by atoms with Crippen molar-refractivity contribution in [2.45, 2.75) is 13.1 Å². The van der Waals surface area contributed by atoms with Crippen molar-refractivity contribution in [3.63, 3.8) is 0 Å². The third-order valence-electron chi connectivity index (χ3n) is 2.63. The molecule has 0 bridgehead atoms. The van der Waals surface area contributed by atoms with Gasteiger partial charge in [0.2, 0.25) is 0 Å². The number of hydrogen-bond donors (Lipinski definition) is 1. The first-order valence-corrected chi connectivity index (χ1v) is 6.82. The Labute approximate surface area is 123 Å². The lowest BCUT2D eigenvalue weighted by atomic mass is 10.2.